The molecule has 1 aromatic heterocycles. The van der Waals surface area contributed by atoms with Gasteiger partial charge in [0, 0.05) is 15.6 Å². The van der Waals surface area contributed by atoms with E-state index in [1.54, 1.807) is 0 Å². The minimum Gasteiger partial charge on any atom is -0.205 e. The molecule has 1 heterocycles. The first-order valence-electron chi connectivity index (χ1n) is 3.75. The van der Waals surface area contributed by atoms with Crippen molar-refractivity contribution in [2.75, 3.05) is 0 Å². The first-order chi connectivity index (χ1) is 6.59. The van der Waals surface area contributed by atoms with E-state index in [9.17, 15) is 13.2 Å². The Morgan fingerprint density at radius 2 is 2.00 bits per heavy atom. The van der Waals surface area contributed by atoms with Crippen LogP contribution in [-0.2, 0) is 0 Å². The van der Waals surface area contributed by atoms with Crippen LogP contribution in [0.15, 0.2) is 18.2 Å². The molecule has 0 unspecified atom stereocenters. The number of alkyl halides is 2. The molecule has 2 rings (SSSR count). The maximum atomic E-state index is 12.8. The van der Waals surface area contributed by atoms with Gasteiger partial charge in [-0.05, 0) is 18.2 Å². The fourth-order valence-electron chi connectivity index (χ4n) is 1.30. The molecule has 5 heteroatoms. The second kappa shape index (κ2) is 3.44. The Morgan fingerprint density at radius 1 is 1.29 bits per heavy atom. The van der Waals surface area contributed by atoms with Crippen LogP contribution in [0.4, 0.5) is 13.2 Å². The average Bonchev–Trinajstić information content (AvgIpc) is 2.43. The molecule has 0 nitrogen and oxygen atoms in total. The van der Waals surface area contributed by atoms with Crippen molar-refractivity contribution < 1.29 is 13.2 Å². The highest BCUT2D eigenvalue weighted by Gasteiger charge is 2.17. The number of thiophene rings is 1. The molecule has 74 valence electrons. The monoisotopic (exact) mass is 236 g/mol. The van der Waals surface area contributed by atoms with E-state index in [1.807, 2.05) is 0 Å². The van der Waals surface area contributed by atoms with Crippen LogP contribution in [0.5, 0.6) is 0 Å². The minimum atomic E-state index is -2.68. The number of halogens is 4. The normalized spacial score (nSPS) is 11.5. The number of rotatable bonds is 1. The van der Waals surface area contributed by atoms with Crippen LogP contribution in [0.3, 0.4) is 0 Å². The Kier molecular flexibility index (Phi) is 2.41. The number of hydrogen-bond donors (Lipinski definition) is 0. The molecule has 0 aliphatic rings. The lowest BCUT2D eigenvalue weighted by molar-refractivity contribution is 0.153. The average molecular weight is 237 g/mol. The topological polar surface area (TPSA) is 0 Å². The lowest BCUT2D eigenvalue weighted by atomic mass is 10.1. The second-order valence-electron chi connectivity index (χ2n) is 2.72. The van der Waals surface area contributed by atoms with Crippen molar-refractivity contribution in [3.8, 4) is 0 Å². The predicted molar refractivity (Wildman–Crippen MR) is 51.8 cm³/mol. The smallest absolute Gasteiger partial charge is 0.205 e. The second-order valence-corrected chi connectivity index (χ2v) is 4.17. The standard InChI is InChI=1S/C9H4ClF3S/c10-5-1-2-6-4(3-7(11)14-6)8(5)9(12)13/h1-3,9H. The third-order valence-corrected chi connectivity index (χ3v) is 3.10. The van der Waals surface area contributed by atoms with Gasteiger partial charge in [0.2, 0.25) is 0 Å². The van der Waals surface area contributed by atoms with Gasteiger partial charge in [0.1, 0.15) is 0 Å². The first kappa shape index (κ1) is 9.80. The fraction of sp³-hybridized carbons (Fsp3) is 0.111. The van der Waals surface area contributed by atoms with E-state index in [1.165, 1.54) is 12.1 Å². The molecule has 0 saturated carbocycles. The van der Waals surface area contributed by atoms with Crippen LogP contribution in [0.1, 0.15) is 12.0 Å². The van der Waals surface area contributed by atoms with Gasteiger partial charge in [0.25, 0.3) is 6.43 Å². The fourth-order valence-corrected chi connectivity index (χ4v) is 2.35. The van der Waals surface area contributed by atoms with Gasteiger partial charge in [-0.1, -0.05) is 11.6 Å². The summed E-state index contributed by atoms with van der Waals surface area (Å²) < 4.78 is 38.4. The zero-order chi connectivity index (χ0) is 10.3. The maximum Gasteiger partial charge on any atom is 0.265 e. The third-order valence-electron chi connectivity index (χ3n) is 1.88. The molecule has 1 aromatic carbocycles. The Labute approximate surface area is 86.9 Å². The van der Waals surface area contributed by atoms with Crippen molar-refractivity contribution >= 4 is 33.0 Å². The first-order valence-corrected chi connectivity index (χ1v) is 4.94. The Balaban J connectivity index is 2.82. The summed E-state index contributed by atoms with van der Waals surface area (Å²) in [5, 5.41) is -0.301. The third kappa shape index (κ3) is 1.48. The van der Waals surface area contributed by atoms with Gasteiger partial charge in [-0.15, -0.1) is 11.3 Å². The van der Waals surface area contributed by atoms with Crippen molar-refractivity contribution in [3.63, 3.8) is 0 Å². The van der Waals surface area contributed by atoms with Crippen molar-refractivity contribution in [3.05, 3.63) is 33.9 Å². The number of benzene rings is 1. The summed E-state index contributed by atoms with van der Waals surface area (Å²) in [6.45, 7) is 0. The maximum absolute atomic E-state index is 12.8. The van der Waals surface area contributed by atoms with Crippen molar-refractivity contribution in [2.24, 2.45) is 0 Å². The Bertz CT molecular complexity index is 478. The van der Waals surface area contributed by atoms with Gasteiger partial charge in [-0.25, -0.2) is 8.78 Å². The van der Waals surface area contributed by atoms with E-state index in [-0.39, 0.29) is 16.0 Å². The van der Waals surface area contributed by atoms with Gasteiger partial charge in [0.15, 0.2) is 5.13 Å². The summed E-state index contributed by atoms with van der Waals surface area (Å²) in [5.74, 6) is 0. The molecule has 2 aromatic rings. The van der Waals surface area contributed by atoms with Crippen LogP contribution in [-0.4, -0.2) is 0 Å². The molecule has 0 aliphatic carbocycles. The zero-order valence-electron chi connectivity index (χ0n) is 6.73. The van der Waals surface area contributed by atoms with E-state index >= 15 is 0 Å². The highest BCUT2D eigenvalue weighted by molar-refractivity contribution is 7.17. The lowest BCUT2D eigenvalue weighted by Gasteiger charge is -2.03. The molecule has 14 heavy (non-hydrogen) atoms. The quantitative estimate of drug-likeness (QED) is 0.677. The molecule has 0 fully saturated rings. The van der Waals surface area contributed by atoms with Crippen LogP contribution < -0.4 is 0 Å². The molecule has 0 aliphatic heterocycles. The van der Waals surface area contributed by atoms with Crippen molar-refractivity contribution in [1.82, 2.24) is 0 Å². The van der Waals surface area contributed by atoms with Crippen molar-refractivity contribution in [2.45, 2.75) is 6.43 Å². The van der Waals surface area contributed by atoms with E-state index in [0.717, 1.165) is 17.4 Å². The van der Waals surface area contributed by atoms with Gasteiger partial charge in [-0.2, -0.15) is 4.39 Å². The highest BCUT2D eigenvalue weighted by atomic mass is 35.5. The molecular weight excluding hydrogens is 233 g/mol. The van der Waals surface area contributed by atoms with Crippen LogP contribution in [0.2, 0.25) is 5.02 Å². The summed E-state index contributed by atoms with van der Waals surface area (Å²) in [6.07, 6.45) is -2.68. The van der Waals surface area contributed by atoms with Crippen LogP contribution in [0, 0.1) is 5.13 Å². The minimum absolute atomic E-state index is 0.0229. The lowest BCUT2D eigenvalue weighted by Crippen LogP contribution is -1.86. The highest BCUT2D eigenvalue weighted by Crippen LogP contribution is 2.37. The van der Waals surface area contributed by atoms with Crippen LogP contribution >= 0.6 is 22.9 Å². The predicted octanol–water partition coefficient (Wildman–Crippen LogP) is 4.63. The Hall–Kier alpha value is -0.740. The molecule has 0 N–H and O–H groups in total. The summed E-state index contributed by atoms with van der Waals surface area (Å²) in [5.41, 5.74) is -0.288. The van der Waals surface area contributed by atoms with Gasteiger partial charge >= 0.3 is 0 Å². The number of hydrogen-bond acceptors (Lipinski definition) is 1. The largest absolute Gasteiger partial charge is 0.265 e. The van der Waals surface area contributed by atoms with Gasteiger partial charge < -0.3 is 0 Å². The van der Waals surface area contributed by atoms with Crippen LogP contribution in [0.25, 0.3) is 10.1 Å². The molecule has 0 radical (unpaired) electrons. The van der Waals surface area contributed by atoms with E-state index < -0.39 is 11.6 Å². The molecule has 0 spiro atoms. The summed E-state index contributed by atoms with van der Waals surface area (Å²) in [6, 6.07) is 3.99. The van der Waals surface area contributed by atoms with Crippen molar-refractivity contribution in [1.29, 1.82) is 0 Å². The summed E-state index contributed by atoms with van der Waals surface area (Å²) in [7, 11) is 0. The molecular formula is C9H4ClF3S. The summed E-state index contributed by atoms with van der Waals surface area (Å²) >= 11 is 6.44. The van der Waals surface area contributed by atoms with E-state index in [0.29, 0.717) is 4.70 Å². The zero-order valence-corrected chi connectivity index (χ0v) is 8.30. The molecule has 0 saturated heterocycles. The van der Waals surface area contributed by atoms with Gasteiger partial charge in [0.05, 0.1) is 5.02 Å². The van der Waals surface area contributed by atoms with E-state index in [4.69, 9.17) is 11.6 Å². The molecule has 0 amide bonds. The summed E-state index contributed by atoms with van der Waals surface area (Å²) in [4.78, 5) is 0. The van der Waals surface area contributed by atoms with E-state index in [2.05, 4.69) is 0 Å². The molecule has 0 bridgehead atoms. The SMILES string of the molecule is Fc1cc2c(C(F)F)c(Cl)ccc2s1. The number of fused-ring (bicyclic) bond motifs is 1. The van der Waals surface area contributed by atoms with Gasteiger partial charge in [-0.3, -0.25) is 0 Å². The molecule has 0 atom stereocenters. The Morgan fingerprint density at radius 3 is 2.64 bits per heavy atom.